The Bertz CT molecular complexity index is 1510. The van der Waals surface area contributed by atoms with Crippen molar-refractivity contribution in [3.8, 4) is 5.69 Å². The van der Waals surface area contributed by atoms with Crippen LogP contribution >= 0.6 is 23.4 Å². The Labute approximate surface area is 201 Å². The van der Waals surface area contributed by atoms with E-state index in [2.05, 4.69) is 10.3 Å². The third-order valence-electron chi connectivity index (χ3n) is 4.93. The lowest BCUT2D eigenvalue weighted by molar-refractivity contribution is -0.384. The first-order chi connectivity index (χ1) is 16.2. The van der Waals surface area contributed by atoms with E-state index < -0.39 is 22.2 Å². The molecule has 1 aromatic heterocycles. The van der Waals surface area contributed by atoms with Crippen LogP contribution in [0.15, 0.2) is 70.6 Å². The fourth-order valence-corrected chi connectivity index (χ4v) is 4.17. The van der Waals surface area contributed by atoms with Crippen molar-refractivity contribution in [3.05, 3.63) is 97.5 Å². The molecule has 0 spiro atoms. The zero-order chi connectivity index (χ0) is 24.4. The number of nitro benzene ring substituents is 1. The molecule has 11 heteroatoms. The second-order valence-corrected chi connectivity index (χ2v) is 8.59. The number of rotatable bonds is 6. The Balaban J connectivity index is 1.67. The summed E-state index contributed by atoms with van der Waals surface area (Å²) < 4.78 is 15.5. The first-order valence-electron chi connectivity index (χ1n) is 9.89. The second kappa shape index (κ2) is 9.62. The largest absolute Gasteiger partial charge is 0.324 e. The molecule has 8 nitrogen and oxygen atoms in total. The Morgan fingerprint density at radius 2 is 1.97 bits per heavy atom. The maximum absolute atomic E-state index is 14.3. The van der Waals surface area contributed by atoms with Crippen molar-refractivity contribution in [2.45, 2.75) is 12.1 Å². The highest BCUT2D eigenvalue weighted by Crippen LogP contribution is 2.28. The minimum Gasteiger partial charge on any atom is -0.324 e. The number of carbonyl (C=O) groups is 1. The highest BCUT2D eigenvalue weighted by Gasteiger charge is 2.17. The predicted octanol–water partition coefficient (Wildman–Crippen LogP) is 5.13. The molecule has 0 unspecified atom stereocenters. The van der Waals surface area contributed by atoms with E-state index >= 15 is 0 Å². The number of hydrogen-bond donors (Lipinski definition) is 1. The molecule has 0 atom stereocenters. The number of non-ortho nitro benzene ring substituents is 1. The van der Waals surface area contributed by atoms with Crippen LogP contribution in [0.1, 0.15) is 5.56 Å². The van der Waals surface area contributed by atoms with Crippen molar-refractivity contribution >= 4 is 51.5 Å². The molecule has 0 fully saturated rings. The summed E-state index contributed by atoms with van der Waals surface area (Å²) in [5.74, 6) is -1.18. The quantitative estimate of drug-likeness (QED) is 0.171. The minimum absolute atomic E-state index is 0.0888. The molecule has 0 saturated carbocycles. The lowest BCUT2D eigenvalue weighted by Crippen LogP contribution is -2.23. The number of nitrogens with zero attached hydrogens (tertiary/aromatic N) is 3. The summed E-state index contributed by atoms with van der Waals surface area (Å²) in [4.78, 5) is 40.7. The van der Waals surface area contributed by atoms with Gasteiger partial charge in [0.05, 0.1) is 38.0 Å². The number of nitro groups is 1. The number of fused-ring (bicyclic) bond motifs is 1. The summed E-state index contributed by atoms with van der Waals surface area (Å²) in [6.07, 6.45) is 0. The van der Waals surface area contributed by atoms with Gasteiger partial charge in [-0.1, -0.05) is 41.6 Å². The maximum Gasteiger partial charge on any atom is 0.271 e. The summed E-state index contributed by atoms with van der Waals surface area (Å²) >= 11 is 7.01. The van der Waals surface area contributed by atoms with Gasteiger partial charge in [-0.05, 0) is 42.8 Å². The molecule has 0 aliphatic carbocycles. The van der Waals surface area contributed by atoms with Gasteiger partial charge in [0.15, 0.2) is 5.16 Å². The number of aromatic nitrogens is 2. The molecule has 0 saturated heterocycles. The number of carbonyl (C=O) groups excluding carboxylic acids is 1. The molecular weight excluding hydrogens is 483 g/mol. The number of benzene rings is 3. The molecule has 0 aliphatic heterocycles. The highest BCUT2D eigenvalue weighted by molar-refractivity contribution is 7.99. The summed E-state index contributed by atoms with van der Waals surface area (Å²) in [6, 6.07) is 14.8. The van der Waals surface area contributed by atoms with Gasteiger partial charge in [0.2, 0.25) is 5.91 Å². The lowest BCUT2D eigenvalue weighted by atomic mass is 10.2. The van der Waals surface area contributed by atoms with Gasteiger partial charge >= 0.3 is 0 Å². The fraction of sp³-hybridized carbons (Fsp3) is 0.0870. The molecule has 4 rings (SSSR count). The number of halogens is 2. The third kappa shape index (κ3) is 4.78. The number of nitrogens with one attached hydrogen (secondary N) is 1. The van der Waals surface area contributed by atoms with E-state index in [0.29, 0.717) is 16.5 Å². The Morgan fingerprint density at radius 1 is 1.21 bits per heavy atom. The number of thioether (sulfide) groups is 1. The van der Waals surface area contributed by atoms with Gasteiger partial charge in [0, 0.05) is 12.1 Å². The van der Waals surface area contributed by atoms with Gasteiger partial charge in [-0.15, -0.1) is 0 Å². The third-order valence-corrected chi connectivity index (χ3v) is 6.19. The molecule has 172 valence electrons. The van der Waals surface area contributed by atoms with Gasteiger partial charge in [-0.2, -0.15) is 0 Å². The number of para-hydroxylation sites is 1. The fourth-order valence-electron chi connectivity index (χ4n) is 3.20. The van der Waals surface area contributed by atoms with Crippen molar-refractivity contribution in [1.29, 1.82) is 0 Å². The molecule has 4 aromatic rings. The number of amides is 1. The molecule has 0 bridgehead atoms. The van der Waals surface area contributed by atoms with Crippen molar-refractivity contribution in [2.24, 2.45) is 0 Å². The van der Waals surface area contributed by atoms with Gasteiger partial charge in [0.25, 0.3) is 11.2 Å². The molecule has 1 heterocycles. The summed E-state index contributed by atoms with van der Waals surface area (Å²) in [5, 5.41) is 14.2. The maximum atomic E-state index is 14.3. The van der Waals surface area contributed by atoms with Crippen LogP contribution in [-0.2, 0) is 4.79 Å². The molecule has 0 aliphatic rings. The van der Waals surface area contributed by atoms with Gasteiger partial charge in [-0.3, -0.25) is 24.3 Å². The smallest absolute Gasteiger partial charge is 0.271 e. The van der Waals surface area contributed by atoms with E-state index in [9.17, 15) is 24.1 Å². The topological polar surface area (TPSA) is 107 Å². The van der Waals surface area contributed by atoms with E-state index in [1.807, 2.05) is 0 Å². The average molecular weight is 499 g/mol. The lowest BCUT2D eigenvalue weighted by Gasteiger charge is -2.14. The van der Waals surface area contributed by atoms with Crippen LogP contribution in [0.4, 0.5) is 15.8 Å². The first kappa shape index (κ1) is 23.4. The first-order valence-corrected chi connectivity index (χ1v) is 11.3. The van der Waals surface area contributed by atoms with Crippen LogP contribution in [0.25, 0.3) is 16.6 Å². The summed E-state index contributed by atoms with van der Waals surface area (Å²) in [5.41, 5.74) is 0.591. The van der Waals surface area contributed by atoms with Gasteiger partial charge < -0.3 is 5.32 Å². The number of hydrogen-bond acceptors (Lipinski definition) is 6. The highest BCUT2D eigenvalue weighted by atomic mass is 35.5. The zero-order valence-electron chi connectivity index (χ0n) is 17.6. The predicted molar refractivity (Wildman–Crippen MR) is 129 cm³/mol. The van der Waals surface area contributed by atoms with E-state index in [1.165, 1.54) is 22.8 Å². The second-order valence-electron chi connectivity index (χ2n) is 7.24. The van der Waals surface area contributed by atoms with E-state index in [-0.39, 0.29) is 33.0 Å². The number of anilines is 1. The van der Waals surface area contributed by atoms with Crippen LogP contribution in [0.3, 0.4) is 0 Å². The summed E-state index contributed by atoms with van der Waals surface area (Å²) in [6.45, 7) is 1.61. The standard InChI is InChI=1S/C23H16ClFN4O4S/c1-13-6-7-14(10-18(13)25)28-22(31)16-4-2-3-5-19(16)27-23(28)34-12-21(30)26-20-11-15(29(32)33)8-9-17(20)24/h2-11H,12H2,1H3,(H,26,30). The molecule has 1 amide bonds. The van der Waals surface area contributed by atoms with Crippen LogP contribution in [0.2, 0.25) is 5.02 Å². The van der Waals surface area contributed by atoms with E-state index in [4.69, 9.17) is 11.6 Å². The van der Waals surface area contributed by atoms with Crippen LogP contribution in [0.5, 0.6) is 0 Å². The average Bonchev–Trinajstić information content (AvgIpc) is 2.81. The Kier molecular flexibility index (Phi) is 6.62. The summed E-state index contributed by atoms with van der Waals surface area (Å²) in [7, 11) is 0. The van der Waals surface area contributed by atoms with Crippen molar-refractivity contribution < 1.29 is 14.1 Å². The van der Waals surface area contributed by atoms with Crippen molar-refractivity contribution in [1.82, 2.24) is 9.55 Å². The van der Waals surface area contributed by atoms with Crippen LogP contribution in [-0.4, -0.2) is 26.1 Å². The molecule has 3 aromatic carbocycles. The van der Waals surface area contributed by atoms with Crippen LogP contribution < -0.4 is 10.9 Å². The normalized spacial score (nSPS) is 10.9. The number of aryl methyl sites for hydroxylation is 1. The molecule has 1 N–H and O–H groups in total. The minimum atomic E-state index is -0.598. The van der Waals surface area contributed by atoms with Crippen molar-refractivity contribution in [3.63, 3.8) is 0 Å². The van der Waals surface area contributed by atoms with Gasteiger partial charge in [-0.25, -0.2) is 9.37 Å². The van der Waals surface area contributed by atoms with E-state index in [0.717, 1.165) is 17.8 Å². The van der Waals surface area contributed by atoms with Gasteiger partial charge in [0.1, 0.15) is 5.82 Å². The van der Waals surface area contributed by atoms with Crippen LogP contribution in [0, 0.1) is 22.9 Å². The Morgan fingerprint density at radius 3 is 2.71 bits per heavy atom. The monoisotopic (exact) mass is 498 g/mol. The van der Waals surface area contributed by atoms with E-state index in [1.54, 1.807) is 43.3 Å². The zero-order valence-corrected chi connectivity index (χ0v) is 19.2. The SMILES string of the molecule is Cc1ccc(-n2c(SCC(=O)Nc3cc([N+](=O)[O-])ccc3Cl)nc3ccccc3c2=O)cc1F. The Hall–Kier alpha value is -3.76. The molecule has 0 radical (unpaired) electrons. The molecular formula is C23H16ClFN4O4S. The van der Waals surface area contributed by atoms with Crippen molar-refractivity contribution in [2.75, 3.05) is 11.1 Å². The molecule has 34 heavy (non-hydrogen) atoms.